The molecule has 2 aliphatic rings. The van der Waals surface area contributed by atoms with Crippen LogP contribution in [-0.2, 0) is 45.3 Å². The average Bonchev–Trinajstić information content (AvgIpc) is 3.73. The van der Waals surface area contributed by atoms with E-state index in [1.165, 1.54) is 29.0 Å². The molecular weight excluding hydrogens is 903 g/mol. The van der Waals surface area contributed by atoms with E-state index in [1.54, 1.807) is 37.3 Å². The minimum atomic E-state index is -4.58. The van der Waals surface area contributed by atoms with Gasteiger partial charge in [0.2, 0.25) is 0 Å². The maximum Gasteiger partial charge on any atom is 0.330 e. The van der Waals surface area contributed by atoms with Crippen LogP contribution in [0.15, 0.2) is 178 Å². The molecule has 1 fully saturated rings. The number of ether oxygens (including phenoxy) is 3. The second-order valence-electron chi connectivity index (χ2n) is 17.7. The number of H-pyrrole nitrogens is 1. The molecule has 7 aromatic rings. The summed E-state index contributed by atoms with van der Waals surface area (Å²) in [5.74, 6) is -1.59. The molecule has 1 saturated heterocycles. The second kappa shape index (κ2) is 18.5. The number of nitrogens with zero attached hydrogens (tertiary/aromatic N) is 2. The number of carbonyl (C=O) groups excluding carboxylic acids is 2. The molecule has 3 heterocycles. The highest BCUT2D eigenvalue weighted by Crippen LogP contribution is 2.49. The molecule has 68 heavy (non-hydrogen) atoms. The van der Waals surface area contributed by atoms with Gasteiger partial charge >= 0.3 is 5.69 Å². The molecule has 16 heteroatoms. The van der Waals surface area contributed by atoms with E-state index in [1.807, 2.05) is 124 Å². The first-order valence-corrected chi connectivity index (χ1v) is 24.9. The van der Waals surface area contributed by atoms with Crippen molar-refractivity contribution in [2.45, 2.75) is 68.0 Å². The van der Waals surface area contributed by atoms with Gasteiger partial charge in [0, 0.05) is 12.3 Å². The largest absolute Gasteiger partial charge is 0.373 e. The normalized spacial score (nSPS) is 20.6. The van der Waals surface area contributed by atoms with Crippen LogP contribution in [0.1, 0.15) is 52.6 Å². The number of hydroxylamine groups is 2. The molecule has 2 amide bonds. The Balaban J connectivity index is 1.36. The number of benzene rings is 6. The first kappa shape index (κ1) is 46.5. The molecule has 1 radical (unpaired) electrons. The van der Waals surface area contributed by atoms with Gasteiger partial charge in [0.25, 0.3) is 27.5 Å². The van der Waals surface area contributed by atoms with Crippen molar-refractivity contribution in [2.75, 3.05) is 13.2 Å². The SMILES string of the molecule is Cc1ccccc1S(=O)(=O)OC[C@]1(COC(C)(C)C)O[C@](n2ccc(=O)[nH]c2=O)([Si](c2ccccc2)c2ccccc2)[C@H](ON2C(=O)c3ccccc3C2=O)[C@@H]1OCc1cccc2ccccc12. The van der Waals surface area contributed by atoms with Gasteiger partial charge in [0.05, 0.1) is 34.8 Å². The summed E-state index contributed by atoms with van der Waals surface area (Å²) in [5.41, 5.74) is -3.35. The van der Waals surface area contributed by atoms with E-state index in [4.69, 9.17) is 23.2 Å². The number of nitrogens with one attached hydrogen (secondary N) is 1. The summed E-state index contributed by atoms with van der Waals surface area (Å²) in [6.07, 6.45) is -2.00. The monoisotopic (exact) mass is 950 g/mol. The van der Waals surface area contributed by atoms with Crippen LogP contribution in [0.4, 0.5) is 0 Å². The first-order chi connectivity index (χ1) is 32.6. The van der Waals surface area contributed by atoms with E-state index >= 15 is 0 Å². The molecule has 14 nitrogen and oxygen atoms in total. The van der Waals surface area contributed by atoms with Crippen LogP contribution in [0.25, 0.3) is 10.8 Å². The Morgan fingerprint density at radius 1 is 0.691 bits per heavy atom. The number of aryl methyl sites for hydroxylation is 1. The van der Waals surface area contributed by atoms with Crippen molar-refractivity contribution in [3.8, 4) is 0 Å². The molecule has 2 aliphatic heterocycles. The van der Waals surface area contributed by atoms with Crippen molar-refractivity contribution < 1.29 is 41.2 Å². The van der Waals surface area contributed by atoms with Gasteiger partial charge in [-0.05, 0) is 67.8 Å². The van der Waals surface area contributed by atoms with Crippen molar-refractivity contribution in [1.82, 2.24) is 14.6 Å². The fourth-order valence-electron chi connectivity index (χ4n) is 8.90. The van der Waals surface area contributed by atoms with Crippen LogP contribution in [0.2, 0.25) is 0 Å². The number of aromatic amines is 1. The number of imide groups is 1. The maximum absolute atomic E-state index is 14.8. The van der Waals surface area contributed by atoms with Crippen molar-refractivity contribution in [2.24, 2.45) is 0 Å². The quantitative estimate of drug-likeness (QED) is 0.0763. The molecular formula is C52H48N3O11SSi. The lowest BCUT2D eigenvalue weighted by Gasteiger charge is -2.42. The Hall–Kier alpha value is -6.63. The number of amides is 2. The summed E-state index contributed by atoms with van der Waals surface area (Å²) in [5, 5.41) is 1.52. The maximum atomic E-state index is 14.8. The lowest BCUT2D eigenvalue weighted by molar-refractivity contribution is -0.203. The summed E-state index contributed by atoms with van der Waals surface area (Å²) < 4.78 is 57.8. The van der Waals surface area contributed by atoms with Crippen molar-refractivity contribution in [1.29, 1.82) is 0 Å². The number of fused-ring (bicyclic) bond motifs is 2. The van der Waals surface area contributed by atoms with Crippen molar-refractivity contribution in [3.05, 3.63) is 207 Å². The van der Waals surface area contributed by atoms with Crippen LogP contribution in [0.3, 0.4) is 0 Å². The van der Waals surface area contributed by atoms with Gasteiger partial charge < -0.3 is 14.2 Å². The van der Waals surface area contributed by atoms with Crippen molar-refractivity contribution in [3.63, 3.8) is 0 Å². The molecule has 4 atom stereocenters. The highest BCUT2D eigenvalue weighted by atomic mass is 32.2. The Morgan fingerprint density at radius 2 is 1.28 bits per heavy atom. The Kier molecular flexibility index (Phi) is 12.6. The topological polar surface area (TPSA) is 173 Å². The Labute approximate surface area is 394 Å². The van der Waals surface area contributed by atoms with E-state index in [-0.39, 0.29) is 22.6 Å². The zero-order chi connectivity index (χ0) is 47.8. The molecule has 0 bridgehead atoms. The molecule has 1 aromatic heterocycles. The number of hydrogen-bond donors (Lipinski definition) is 1. The summed E-state index contributed by atoms with van der Waals surface area (Å²) in [6.45, 7) is 5.67. The van der Waals surface area contributed by atoms with E-state index in [0.717, 1.165) is 22.4 Å². The second-order valence-corrected chi connectivity index (χ2v) is 21.9. The molecule has 0 saturated carbocycles. The smallest absolute Gasteiger partial charge is 0.330 e. The molecule has 347 valence electrons. The van der Waals surface area contributed by atoms with Gasteiger partial charge in [-0.25, -0.2) is 4.79 Å². The van der Waals surface area contributed by atoms with Crippen LogP contribution < -0.4 is 21.6 Å². The third kappa shape index (κ3) is 8.71. The predicted molar refractivity (Wildman–Crippen MR) is 255 cm³/mol. The molecule has 0 aliphatic carbocycles. The molecule has 0 spiro atoms. The number of aromatic nitrogens is 2. The van der Waals surface area contributed by atoms with E-state index in [0.29, 0.717) is 21.0 Å². The van der Waals surface area contributed by atoms with Gasteiger partial charge in [-0.3, -0.25) is 33.0 Å². The van der Waals surface area contributed by atoms with Gasteiger partial charge in [-0.15, -0.1) is 5.06 Å². The van der Waals surface area contributed by atoms with Crippen LogP contribution in [0.5, 0.6) is 0 Å². The van der Waals surface area contributed by atoms with Crippen LogP contribution in [-0.4, -0.2) is 80.3 Å². The lowest BCUT2D eigenvalue weighted by atomic mass is 9.95. The standard InChI is InChI=1S/C52H48N3O11SSi/c1-35-18-11-16-29-43(35)67(60,61)64-34-51(33-63-50(2,3)4)45(62-32-37-21-17-20-36-19-12-13-26-40(36)37)46(65-55-47(57)41-27-14-15-28-42(41)48(55)58)52(66-51,54-31-30-44(56)53-49(54)59)68(38-22-7-5-8-23-38)39-24-9-6-10-25-39/h5-31,45-46H,32-34H2,1-4H3,(H,53,56,59)/t45-,46+,51-,52-/m0/s1. The van der Waals surface area contributed by atoms with Gasteiger partial charge in [0.1, 0.15) is 18.3 Å². The molecule has 1 N–H and O–H groups in total. The van der Waals surface area contributed by atoms with Crippen molar-refractivity contribution >= 4 is 51.9 Å². The minimum Gasteiger partial charge on any atom is -0.373 e. The lowest BCUT2D eigenvalue weighted by Crippen LogP contribution is -2.70. The summed E-state index contributed by atoms with van der Waals surface area (Å²) in [4.78, 5) is 66.2. The number of carbonyl (C=O) groups is 2. The Bertz CT molecular complexity index is 3170. The van der Waals surface area contributed by atoms with Gasteiger partial charge in [0.15, 0.2) is 20.2 Å². The summed E-state index contributed by atoms with van der Waals surface area (Å²) in [6, 6.07) is 45.6. The minimum absolute atomic E-state index is 0.0723. The Morgan fingerprint density at radius 3 is 1.91 bits per heavy atom. The van der Waals surface area contributed by atoms with E-state index in [9.17, 15) is 27.6 Å². The van der Waals surface area contributed by atoms with Gasteiger partial charge in [-0.1, -0.05) is 144 Å². The fraction of sp³-hybridized carbons (Fsp3) is 0.231. The van der Waals surface area contributed by atoms with E-state index < -0.39 is 84.0 Å². The molecule has 6 aromatic carbocycles. The van der Waals surface area contributed by atoms with E-state index in [2.05, 4.69) is 4.98 Å². The van der Waals surface area contributed by atoms with Crippen LogP contribution >= 0.6 is 0 Å². The third-order valence-electron chi connectivity index (χ3n) is 12.0. The number of hydrogen-bond acceptors (Lipinski definition) is 11. The highest BCUT2D eigenvalue weighted by molar-refractivity contribution is 7.86. The van der Waals surface area contributed by atoms with Gasteiger partial charge in [-0.2, -0.15) is 8.42 Å². The zero-order valence-electron chi connectivity index (χ0n) is 37.7. The summed E-state index contributed by atoms with van der Waals surface area (Å²) in [7, 11) is -7.38. The highest BCUT2D eigenvalue weighted by Gasteiger charge is 2.71. The van der Waals surface area contributed by atoms with Crippen LogP contribution in [0, 0.1) is 6.92 Å². The fourth-order valence-corrected chi connectivity index (χ4v) is 13.5. The zero-order valence-corrected chi connectivity index (χ0v) is 39.5. The predicted octanol–water partition coefficient (Wildman–Crippen LogP) is 5.67. The first-order valence-electron chi connectivity index (χ1n) is 21.9. The third-order valence-corrected chi connectivity index (χ3v) is 16.6. The number of rotatable bonds is 15. The molecule has 9 rings (SSSR count). The molecule has 0 unspecified atom stereocenters. The summed E-state index contributed by atoms with van der Waals surface area (Å²) >= 11 is 0. The average molecular weight is 951 g/mol.